The molecule has 148 valence electrons. The van der Waals surface area contributed by atoms with Gasteiger partial charge in [-0.3, -0.25) is 4.79 Å². The molecule has 3 aromatic heterocycles. The van der Waals surface area contributed by atoms with Crippen molar-refractivity contribution >= 4 is 62.2 Å². The van der Waals surface area contributed by atoms with Gasteiger partial charge in [0, 0.05) is 24.3 Å². The molecule has 4 rings (SSSR count). The Hall–Kier alpha value is -2.69. The molecule has 0 saturated carbocycles. The maximum absolute atomic E-state index is 13.5. The predicted octanol–water partition coefficient (Wildman–Crippen LogP) is 4.20. The smallest absolute Gasteiger partial charge is 0.234 e. The van der Waals surface area contributed by atoms with Gasteiger partial charge in [0.25, 0.3) is 0 Å². The molecule has 0 radical (unpaired) electrons. The number of fused-ring (bicyclic) bond motifs is 1. The maximum atomic E-state index is 13.5. The number of nitrogen functional groups attached to an aromatic ring is 1. The zero-order chi connectivity index (χ0) is 20.5. The number of anilines is 2. The number of amides is 1. The summed E-state index contributed by atoms with van der Waals surface area (Å²) in [6.45, 7) is 0. The number of benzene rings is 1. The number of halogens is 2. The average Bonchev–Trinajstić information content (AvgIpc) is 3.23. The third-order valence-corrected chi connectivity index (χ3v) is 6.53. The van der Waals surface area contributed by atoms with E-state index in [0.29, 0.717) is 22.4 Å². The largest absolute Gasteiger partial charge is 0.397 e. The van der Waals surface area contributed by atoms with E-state index in [2.05, 4.69) is 20.5 Å². The number of hydrogen-bond acceptors (Lipinski definition) is 7. The number of carbonyl (C=O) groups excluding carboxylic acids is 1. The number of nitrogens with two attached hydrogens (primary N) is 1. The fourth-order valence-electron chi connectivity index (χ4n) is 2.66. The number of rotatable bonds is 5. The first-order chi connectivity index (χ1) is 13.9. The van der Waals surface area contributed by atoms with Gasteiger partial charge in [-0.25, -0.2) is 9.37 Å². The molecule has 3 N–H and O–H groups in total. The summed E-state index contributed by atoms with van der Waals surface area (Å²) in [5.41, 5.74) is 7.20. The zero-order valence-electron chi connectivity index (χ0n) is 15.0. The summed E-state index contributed by atoms with van der Waals surface area (Å²) < 4.78 is 15.3. The van der Waals surface area contributed by atoms with Gasteiger partial charge in [0.1, 0.15) is 10.6 Å². The standard InChI is InChI=1S/C18H14ClFN6OS2/c1-26-16(15-14(21)10-3-2-6-22-17(10)29-15)24-25-18(26)28-8-13(27)23-9-4-5-11(19)12(20)7-9/h2-7H,8,21H2,1H3,(H,23,27). The minimum atomic E-state index is -0.592. The van der Waals surface area contributed by atoms with Crippen molar-refractivity contribution in [2.24, 2.45) is 7.05 Å². The van der Waals surface area contributed by atoms with Gasteiger partial charge in [0.15, 0.2) is 11.0 Å². The van der Waals surface area contributed by atoms with Crippen molar-refractivity contribution in [1.29, 1.82) is 0 Å². The van der Waals surface area contributed by atoms with Gasteiger partial charge in [-0.2, -0.15) is 0 Å². The van der Waals surface area contributed by atoms with Gasteiger partial charge in [-0.05, 0) is 30.3 Å². The molecule has 1 amide bonds. The molecule has 29 heavy (non-hydrogen) atoms. The second-order valence-electron chi connectivity index (χ2n) is 6.03. The van der Waals surface area contributed by atoms with Crippen LogP contribution in [0.25, 0.3) is 20.9 Å². The van der Waals surface area contributed by atoms with E-state index >= 15 is 0 Å². The Labute approximate surface area is 178 Å². The first kappa shape index (κ1) is 19.6. The molecule has 11 heteroatoms. The Morgan fingerprint density at radius 2 is 2.21 bits per heavy atom. The summed E-state index contributed by atoms with van der Waals surface area (Å²) in [5.74, 6) is -0.204. The molecule has 4 aromatic rings. The first-order valence-electron chi connectivity index (χ1n) is 8.34. The molecule has 0 unspecified atom stereocenters. The Kier molecular flexibility index (Phi) is 5.39. The van der Waals surface area contributed by atoms with Crippen LogP contribution in [0.2, 0.25) is 5.02 Å². The summed E-state index contributed by atoms with van der Waals surface area (Å²) in [6, 6.07) is 7.83. The molecule has 0 aliphatic rings. The number of thiophene rings is 1. The molecule has 0 aliphatic heterocycles. The van der Waals surface area contributed by atoms with Crippen molar-refractivity contribution in [3.05, 3.63) is 47.4 Å². The normalized spacial score (nSPS) is 11.1. The minimum Gasteiger partial charge on any atom is -0.397 e. The summed E-state index contributed by atoms with van der Waals surface area (Å²) >= 11 is 8.30. The number of hydrogen-bond donors (Lipinski definition) is 2. The van der Waals surface area contributed by atoms with Crippen molar-refractivity contribution in [2.45, 2.75) is 5.16 Å². The minimum absolute atomic E-state index is 0.000279. The van der Waals surface area contributed by atoms with E-state index in [1.54, 1.807) is 17.8 Å². The second kappa shape index (κ2) is 7.97. The van der Waals surface area contributed by atoms with Gasteiger partial charge in [-0.1, -0.05) is 23.4 Å². The quantitative estimate of drug-likeness (QED) is 0.444. The molecule has 0 spiro atoms. The number of aromatic nitrogens is 4. The van der Waals surface area contributed by atoms with Crippen molar-refractivity contribution in [1.82, 2.24) is 19.7 Å². The van der Waals surface area contributed by atoms with E-state index < -0.39 is 5.82 Å². The van der Waals surface area contributed by atoms with Crippen LogP contribution in [0.3, 0.4) is 0 Å². The third kappa shape index (κ3) is 3.91. The number of pyridine rings is 1. The Bertz CT molecular complexity index is 1220. The van der Waals surface area contributed by atoms with E-state index in [-0.39, 0.29) is 16.7 Å². The third-order valence-electron chi connectivity index (χ3n) is 4.08. The van der Waals surface area contributed by atoms with Crippen LogP contribution in [0.4, 0.5) is 15.8 Å². The highest BCUT2D eigenvalue weighted by Gasteiger charge is 2.19. The highest BCUT2D eigenvalue weighted by molar-refractivity contribution is 7.99. The van der Waals surface area contributed by atoms with Gasteiger partial charge in [-0.15, -0.1) is 21.5 Å². The van der Waals surface area contributed by atoms with Crippen molar-refractivity contribution < 1.29 is 9.18 Å². The summed E-state index contributed by atoms with van der Waals surface area (Å²) in [5, 5.41) is 12.4. The van der Waals surface area contributed by atoms with E-state index in [1.807, 2.05) is 12.1 Å². The van der Waals surface area contributed by atoms with Gasteiger partial charge in [0.05, 0.1) is 21.3 Å². The highest BCUT2D eigenvalue weighted by Crippen LogP contribution is 2.39. The summed E-state index contributed by atoms with van der Waals surface area (Å²) in [6.07, 6.45) is 1.71. The molecule has 0 saturated heterocycles. The Morgan fingerprint density at radius 3 is 2.97 bits per heavy atom. The van der Waals surface area contributed by atoms with Crippen LogP contribution >= 0.6 is 34.7 Å². The van der Waals surface area contributed by atoms with Gasteiger partial charge < -0.3 is 15.6 Å². The predicted molar refractivity (Wildman–Crippen MR) is 115 cm³/mol. The zero-order valence-corrected chi connectivity index (χ0v) is 17.4. The lowest BCUT2D eigenvalue weighted by molar-refractivity contribution is -0.113. The van der Waals surface area contributed by atoms with E-state index in [1.165, 1.54) is 41.3 Å². The molecule has 0 fully saturated rings. The van der Waals surface area contributed by atoms with Crippen LogP contribution < -0.4 is 11.1 Å². The van der Waals surface area contributed by atoms with Crippen molar-refractivity contribution in [2.75, 3.05) is 16.8 Å². The highest BCUT2D eigenvalue weighted by atomic mass is 35.5. The molecular formula is C18H14ClFN6OS2. The SMILES string of the molecule is Cn1c(SCC(=O)Nc2ccc(Cl)c(F)c2)nnc1-c1sc2ncccc2c1N. The topological polar surface area (TPSA) is 98.7 Å². The van der Waals surface area contributed by atoms with Crippen molar-refractivity contribution in [3.63, 3.8) is 0 Å². The molecule has 3 heterocycles. The Morgan fingerprint density at radius 1 is 1.38 bits per heavy atom. The Balaban J connectivity index is 1.48. The lowest BCUT2D eigenvalue weighted by Gasteiger charge is -2.06. The number of nitrogens with one attached hydrogen (secondary N) is 1. The van der Waals surface area contributed by atoms with Crippen LogP contribution in [0, 0.1) is 5.82 Å². The van der Waals surface area contributed by atoms with Crippen LogP contribution in [0.1, 0.15) is 0 Å². The summed E-state index contributed by atoms with van der Waals surface area (Å²) in [7, 11) is 1.81. The molecule has 0 bridgehead atoms. The molecule has 0 atom stereocenters. The van der Waals surface area contributed by atoms with Crippen LogP contribution in [-0.4, -0.2) is 31.4 Å². The molecule has 1 aromatic carbocycles. The number of carbonyl (C=O) groups is 1. The van der Waals surface area contributed by atoms with Gasteiger partial charge >= 0.3 is 0 Å². The van der Waals surface area contributed by atoms with E-state index in [0.717, 1.165) is 15.1 Å². The molecular weight excluding hydrogens is 435 g/mol. The van der Waals surface area contributed by atoms with Crippen LogP contribution in [-0.2, 0) is 11.8 Å². The maximum Gasteiger partial charge on any atom is 0.234 e. The fraction of sp³-hybridized carbons (Fsp3) is 0.111. The number of thioether (sulfide) groups is 1. The first-order valence-corrected chi connectivity index (χ1v) is 10.5. The molecule has 7 nitrogen and oxygen atoms in total. The lowest BCUT2D eigenvalue weighted by Crippen LogP contribution is -2.14. The lowest BCUT2D eigenvalue weighted by atomic mass is 10.2. The monoisotopic (exact) mass is 448 g/mol. The fourth-order valence-corrected chi connectivity index (χ4v) is 4.57. The van der Waals surface area contributed by atoms with Crippen LogP contribution in [0.15, 0.2) is 41.7 Å². The number of nitrogens with zero attached hydrogens (tertiary/aromatic N) is 4. The van der Waals surface area contributed by atoms with E-state index in [4.69, 9.17) is 17.3 Å². The van der Waals surface area contributed by atoms with Gasteiger partial charge in [0.2, 0.25) is 5.91 Å². The second-order valence-corrected chi connectivity index (χ2v) is 8.38. The van der Waals surface area contributed by atoms with Crippen LogP contribution in [0.5, 0.6) is 0 Å². The van der Waals surface area contributed by atoms with Crippen molar-refractivity contribution in [3.8, 4) is 10.7 Å². The molecule has 0 aliphatic carbocycles. The summed E-state index contributed by atoms with van der Waals surface area (Å²) in [4.78, 5) is 18.1. The average molecular weight is 449 g/mol. The van der Waals surface area contributed by atoms with E-state index in [9.17, 15) is 9.18 Å².